The number of hydrogen-bond acceptors (Lipinski definition) is 5. The first-order valence-electron chi connectivity index (χ1n) is 14.7. The minimum Gasteiger partial charge on any atom is -0.465 e. The number of hydrogen-bond donors (Lipinski definition) is 2. The van der Waals surface area contributed by atoms with E-state index in [-0.39, 0.29) is 31.2 Å². The fourth-order valence-corrected chi connectivity index (χ4v) is 7.18. The van der Waals surface area contributed by atoms with Crippen LogP contribution in [-0.4, -0.2) is 84.9 Å². The van der Waals surface area contributed by atoms with Gasteiger partial charge in [0.2, 0.25) is 0 Å². The first-order chi connectivity index (χ1) is 20.3. The summed E-state index contributed by atoms with van der Waals surface area (Å²) >= 11 is 0. The number of rotatable bonds is 4. The van der Waals surface area contributed by atoms with Crippen LogP contribution in [-0.2, 0) is 6.54 Å². The number of benzene rings is 2. The van der Waals surface area contributed by atoms with Crippen LogP contribution in [0.25, 0.3) is 11.3 Å². The summed E-state index contributed by atoms with van der Waals surface area (Å²) in [5, 5.41) is 21.9. The normalized spacial score (nSPS) is 23.7. The van der Waals surface area contributed by atoms with Crippen molar-refractivity contribution in [3.63, 3.8) is 0 Å². The maximum Gasteiger partial charge on any atom is 0.407 e. The molecule has 3 heterocycles. The third kappa shape index (κ3) is 5.15. The lowest BCUT2D eigenvalue weighted by Gasteiger charge is -2.53. The van der Waals surface area contributed by atoms with Crippen molar-refractivity contribution in [1.29, 1.82) is 0 Å². The van der Waals surface area contributed by atoms with Crippen LogP contribution in [0.5, 0.6) is 0 Å². The molecule has 2 saturated heterocycles. The van der Waals surface area contributed by atoms with Crippen molar-refractivity contribution in [2.45, 2.75) is 50.3 Å². The van der Waals surface area contributed by atoms with Gasteiger partial charge in [-0.05, 0) is 24.8 Å². The molecule has 6 rings (SSSR count). The summed E-state index contributed by atoms with van der Waals surface area (Å²) in [5.41, 5.74) is 0.427. The van der Waals surface area contributed by atoms with Gasteiger partial charge in [0, 0.05) is 49.8 Å². The number of aliphatic hydroxyl groups is 1. The zero-order valence-corrected chi connectivity index (χ0v) is 23.6. The van der Waals surface area contributed by atoms with Gasteiger partial charge in [-0.25, -0.2) is 14.6 Å². The molecule has 0 bridgehead atoms. The van der Waals surface area contributed by atoms with Crippen molar-refractivity contribution in [1.82, 2.24) is 24.3 Å². The van der Waals surface area contributed by atoms with Crippen molar-refractivity contribution in [2.75, 3.05) is 32.7 Å². The van der Waals surface area contributed by atoms with E-state index >= 15 is 0 Å². The van der Waals surface area contributed by atoms with Crippen LogP contribution in [0.2, 0.25) is 0 Å². The number of aromatic nitrogens is 2. The van der Waals surface area contributed by atoms with E-state index in [9.17, 15) is 24.6 Å². The standard InChI is InChI=1S/C32H37N5O5/c38-28-19-26(24-9-3-1-4-10-24)33-23-36(28)22-32(42)15-16-35(21-31(32)13-7-8-14-31)29(39)37-18-17-34(30(40)41)20-27(37)25-11-5-2-6-12-25/h1-6,9-12,19,23,27,42H,7-8,13-18,20-22H2,(H,40,41)/t27-,32+/m0/s1. The van der Waals surface area contributed by atoms with Gasteiger partial charge in [0.25, 0.3) is 5.56 Å². The Morgan fingerprint density at radius 2 is 1.60 bits per heavy atom. The van der Waals surface area contributed by atoms with Gasteiger partial charge in [0.1, 0.15) is 0 Å². The molecular weight excluding hydrogens is 534 g/mol. The van der Waals surface area contributed by atoms with Crippen LogP contribution < -0.4 is 5.56 Å². The zero-order chi connectivity index (χ0) is 29.3. The Hall–Kier alpha value is -4.18. The van der Waals surface area contributed by atoms with E-state index in [2.05, 4.69) is 4.98 Å². The van der Waals surface area contributed by atoms with Crippen molar-refractivity contribution >= 4 is 12.1 Å². The van der Waals surface area contributed by atoms with Crippen LogP contribution in [0.3, 0.4) is 0 Å². The molecule has 3 aromatic rings. The highest BCUT2D eigenvalue weighted by atomic mass is 16.4. The summed E-state index contributed by atoms with van der Waals surface area (Å²) in [6.07, 6.45) is 4.32. The lowest BCUT2D eigenvalue weighted by Crippen LogP contribution is -2.64. The minimum absolute atomic E-state index is 0.125. The molecule has 2 aliphatic heterocycles. The van der Waals surface area contributed by atoms with E-state index in [1.807, 2.05) is 65.6 Å². The maximum absolute atomic E-state index is 14.1. The maximum atomic E-state index is 14.1. The fraction of sp³-hybridized carbons (Fsp3) is 0.438. The Kier molecular flexibility index (Phi) is 7.49. The largest absolute Gasteiger partial charge is 0.465 e. The first-order valence-corrected chi connectivity index (χ1v) is 14.7. The summed E-state index contributed by atoms with van der Waals surface area (Å²) in [6, 6.07) is 20.1. The Morgan fingerprint density at radius 1 is 0.905 bits per heavy atom. The third-order valence-corrected chi connectivity index (χ3v) is 9.57. The third-order valence-electron chi connectivity index (χ3n) is 9.57. The summed E-state index contributed by atoms with van der Waals surface area (Å²) in [6.45, 7) is 1.63. The predicted octanol–water partition coefficient (Wildman–Crippen LogP) is 4.06. The van der Waals surface area contributed by atoms with Crippen molar-refractivity contribution < 1.29 is 19.8 Å². The molecule has 3 aliphatic rings. The van der Waals surface area contributed by atoms with Gasteiger partial charge in [-0.1, -0.05) is 73.5 Å². The molecule has 3 amide bonds. The first kappa shape index (κ1) is 28.0. The summed E-state index contributed by atoms with van der Waals surface area (Å²) in [4.78, 5) is 48.5. The molecular formula is C32H37N5O5. The smallest absolute Gasteiger partial charge is 0.407 e. The second kappa shape index (κ2) is 11.2. The van der Waals surface area contributed by atoms with Gasteiger partial charge in [0.15, 0.2) is 0 Å². The second-order valence-corrected chi connectivity index (χ2v) is 11.9. The molecule has 2 atom stereocenters. The molecule has 10 heteroatoms. The van der Waals surface area contributed by atoms with Gasteiger partial charge in [-0.15, -0.1) is 0 Å². The molecule has 42 heavy (non-hydrogen) atoms. The molecule has 1 aromatic heterocycles. The van der Waals surface area contributed by atoms with E-state index in [0.717, 1.165) is 36.8 Å². The number of urea groups is 1. The lowest BCUT2D eigenvalue weighted by molar-refractivity contribution is -0.137. The van der Waals surface area contributed by atoms with Crippen LogP contribution >= 0.6 is 0 Å². The number of piperidine rings is 1. The Bertz CT molecular complexity index is 1490. The molecule has 2 N–H and O–H groups in total. The highest BCUT2D eigenvalue weighted by molar-refractivity contribution is 5.76. The average Bonchev–Trinajstić information content (AvgIpc) is 3.50. The molecule has 1 saturated carbocycles. The monoisotopic (exact) mass is 571 g/mol. The Morgan fingerprint density at radius 3 is 2.26 bits per heavy atom. The zero-order valence-electron chi connectivity index (χ0n) is 23.6. The van der Waals surface area contributed by atoms with Crippen molar-refractivity contribution in [3.05, 3.63) is 89.0 Å². The van der Waals surface area contributed by atoms with Gasteiger partial charge < -0.3 is 24.9 Å². The van der Waals surface area contributed by atoms with Gasteiger partial charge >= 0.3 is 12.1 Å². The van der Waals surface area contributed by atoms with E-state index in [4.69, 9.17) is 0 Å². The number of carboxylic acid groups (broad SMARTS) is 1. The minimum atomic E-state index is -1.17. The number of amides is 3. The van der Waals surface area contributed by atoms with Crippen LogP contribution in [0.15, 0.2) is 77.9 Å². The summed E-state index contributed by atoms with van der Waals surface area (Å²) in [7, 11) is 0. The quantitative estimate of drug-likeness (QED) is 0.488. The molecule has 3 fully saturated rings. The Balaban J connectivity index is 1.23. The lowest BCUT2D eigenvalue weighted by atomic mass is 9.66. The SMILES string of the molecule is O=C(O)N1CCN(C(=O)N2CC[C@@](O)(Cn3cnc(-c4ccccc4)cc3=O)C3(CCCC3)C2)[C@H](c2ccccc2)C1. The van der Waals surface area contributed by atoms with Gasteiger partial charge in [0.05, 0.1) is 30.2 Å². The number of likely N-dealkylation sites (tertiary alicyclic amines) is 1. The fourth-order valence-electron chi connectivity index (χ4n) is 7.18. The number of piperazine rings is 1. The van der Waals surface area contributed by atoms with Crippen LogP contribution in [0.4, 0.5) is 9.59 Å². The van der Waals surface area contributed by atoms with Gasteiger partial charge in [-0.3, -0.25) is 9.36 Å². The number of carbonyl (C=O) groups excluding carboxylic acids is 1. The van der Waals surface area contributed by atoms with Crippen LogP contribution in [0, 0.1) is 5.41 Å². The summed E-state index contributed by atoms with van der Waals surface area (Å²) < 4.78 is 1.50. The topological polar surface area (TPSA) is 119 Å². The van der Waals surface area contributed by atoms with E-state index in [1.54, 1.807) is 4.90 Å². The molecule has 0 radical (unpaired) electrons. The predicted molar refractivity (Wildman–Crippen MR) is 157 cm³/mol. The van der Waals surface area contributed by atoms with E-state index in [1.165, 1.54) is 21.9 Å². The molecule has 2 aromatic carbocycles. The van der Waals surface area contributed by atoms with E-state index < -0.39 is 23.2 Å². The van der Waals surface area contributed by atoms with Gasteiger partial charge in [-0.2, -0.15) is 0 Å². The highest BCUT2D eigenvalue weighted by Crippen LogP contribution is 2.52. The molecule has 220 valence electrons. The Labute approximate surface area is 244 Å². The molecule has 0 unspecified atom stereocenters. The second-order valence-electron chi connectivity index (χ2n) is 11.9. The van der Waals surface area contributed by atoms with Crippen molar-refractivity contribution in [3.8, 4) is 11.3 Å². The molecule has 1 spiro atoms. The number of carbonyl (C=O) groups is 2. The average molecular weight is 572 g/mol. The molecule has 10 nitrogen and oxygen atoms in total. The van der Waals surface area contributed by atoms with E-state index in [0.29, 0.717) is 31.7 Å². The summed E-state index contributed by atoms with van der Waals surface area (Å²) in [5.74, 6) is 0. The highest BCUT2D eigenvalue weighted by Gasteiger charge is 2.56. The molecule has 1 aliphatic carbocycles. The number of nitrogens with zero attached hydrogens (tertiary/aromatic N) is 5. The van der Waals surface area contributed by atoms with Crippen molar-refractivity contribution in [2.24, 2.45) is 5.41 Å². The van der Waals surface area contributed by atoms with Crippen LogP contribution in [0.1, 0.15) is 43.7 Å².